The molecule has 0 aliphatic rings. The number of hydrogen-bond acceptors (Lipinski definition) is 3. The minimum atomic E-state index is -0.557. The van der Waals surface area contributed by atoms with Crippen molar-refractivity contribution in [3.63, 3.8) is 0 Å². The van der Waals surface area contributed by atoms with Gasteiger partial charge in [0, 0.05) is 16.8 Å². The molecule has 0 saturated heterocycles. The molecule has 2 aromatic carbocycles. The van der Waals surface area contributed by atoms with Crippen molar-refractivity contribution >= 4 is 29.2 Å². The van der Waals surface area contributed by atoms with Crippen molar-refractivity contribution in [2.24, 2.45) is 0 Å². The molecule has 2 aromatic rings. The highest BCUT2D eigenvalue weighted by molar-refractivity contribution is 6.30. The fourth-order valence-corrected chi connectivity index (χ4v) is 2.19. The maximum absolute atomic E-state index is 11.8. The molecule has 2 rings (SSSR count). The van der Waals surface area contributed by atoms with Crippen LogP contribution in [0.3, 0.4) is 0 Å². The molecule has 0 fully saturated rings. The van der Waals surface area contributed by atoms with Crippen LogP contribution in [0.25, 0.3) is 0 Å². The number of nitrogens with one attached hydrogen (secondary N) is 3. The van der Waals surface area contributed by atoms with Crippen molar-refractivity contribution in [2.75, 3.05) is 11.9 Å². The van der Waals surface area contributed by atoms with Gasteiger partial charge in [-0.25, -0.2) is 4.79 Å². The van der Waals surface area contributed by atoms with Crippen molar-refractivity contribution in [3.8, 4) is 0 Å². The molecule has 5 nitrogen and oxygen atoms in total. The summed E-state index contributed by atoms with van der Waals surface area (Å²) in [5.74, 6) is -0.410. The van der Waals surface area contributed by atoms with Crippen molar-refractivity contribution in [1.82, 2.24) is 10.6 Å². The second-order valence-electron chi connectivity index (χ2n) is 5.03. The molecule has 0 bridgehead atoms. The van der Waals surface area contributed by atoms with Gasteiger partial charge >= 0.3 is 6.03 Å². The average Bonchev–Trinajstić information content (AvgIpc) is 2.53. The lowest BCUT2D eigenvalue weighted by atomic mass is 10.1. The van der Waals surface area contributed by atoms with E-state index in [1.807, 2.05) is 31.2 Å². The molecule has 1 atom stereocenters. The first-order valence-corrected chi connectivity index (χ1v) is 7.57. The average molecular weight is 332 g/mol. The van der Waals surface area contributed by atoms with Crippen LogP contribution in [0.4, 0.5) is 10.5 Å². The van der Waals surface area contributed by atoms with Gasteiger partial charge in [0.15, 0.2) is 0 Å². The Bertz CT molecular complexity index is 677. The van der Waals surface area contributed by atoms with E-state index in [1.165, 1.54) is 0 Å². The largest absolute Gasteiger partial charge is 0.325 e. The van der Waals surface area contributed by atoms with E-state index >= 15 is 0 Å². The predicted molar refractivity (Wildman–Crippen MR) is 91.5 cm³/mol. The molecule has 0 aliphatic heterocycles. The van der Waals surface area contributed by atoms with Crippen LogP contribution in [0.15, 0.2) is 54.6 Å². The highest BCUT2D eigenvalue weighted by atomic mass is 35.5. The number of imide groups is 1. The number of hydrogen-bond donors (Lipinski definition) is 3. The van der Waals surface area contributed by atoms with Gasteiger partial charge in [0.05, 0.1) is 6.54 Å². The third kappa shape index (κ3) is 5.73. The van der Waals surface area contributed by atoms with Crippen LogP contribution in [-0.2, 0) is 4.79 Å². The highest BCUT2D eigenvalue weighted by Crippen LogP contribution is 2.16. The summed E-state index contributed by atoms with van der Waals surface area (Å²) >= 11 is 5.94. The summed E-state index contributed by atoms with van der Waals surface area (Å²) < 4.78 is 0. The van der Waals surface area contributed by atoms with Crippen molar-refractivity contribution in [1.29, 1.82) is 0 Å². The van der Waals surface area contributed by atoms with Crippen LogP contribution in [0.2, 0.25) is 5.02 Å². The minimum Gasteiger partial charge on any atom is -0.308 e. The summed E-state index contributed by atoms with van der Waals surface area (Å²) in [4.78, 5) is 23.5. The third-order valence-corrected chi connectivity index (χ3v) is 3.44. The van der Waals surface area contributed by atoms with Gasteiger partial charge in [-0.3, -0.25) is 10.1 Å². The lowest BCUT2D eigenvalue weighted by Crippen LogP contribution is -2.40. The lowest BCUT2D eigenvalue weighted by Gasteiger charge is -2.14. The number of amides is 3. The molecule has 120 valence electrons. The Morgan fingerprint density at radius 3 is 2.52 bits per heavy atom. The number of benzene rings is 2. The molecule has 0 radical (unpaired) electrons. The molecular formula is C17H18ClN3O2. The summed E-state index contributed by atoms with van der Waals surface area (Å²) in [6, 6.07) is 15.7. The molecule has 0 aromatic heterocycles. The van der Waals surface area contributed by atoms with Crippen molar-refractivity contribution < 1.29 is 9.59 Å². The quantitative estimate of drug-likeness (QED) is 0.787. The van der Waals surface area contributed by atoms with Crippen molar-refractivity contribution in [3.05, 3.63) is 65.2 Å². The number of para-hydroxylation sites is 1. The number of urea groups is 1. The fraction of sp³-hybridized carbons (Fsp3) is 0.176. The zero-order chi connectivity index (χ0) is 16.7. The van der Waals surface area contributed by atoms with E-state index in [2.05, 4.69) is 16.0 Å². The number of carbonyl (C=O) groups excluding carboxylic acids is 2. The molecule has 0 aliphatic carbocycles. The normalized spacial score (nSPS) is 11.6. The Morgan fingerprint density at radius 2 is 1.83 bits per heavy atom. The van der Waals surface area contributed by atoms with Gasteiger partial charge < -0.3 is 10.6 Å². The summed E-state index contributed by atoms with van der Waals surface area (Å²) in [5, 5.41) is 8.54. The van der Waals surface area contributed by atoms with Crippen LogP contribution in [0.5, 0.6) is 0 Å². The van der Waals surface area contributed by atoms with E-state index in [4.69, 9.17) is 11.6 Å². The molecule has 0 spiro atoms. The Morgan fingerprint density at radius 1 is 1.09 bits per heavy atom. The SMILES string of the molecule is C[C@H](NCC(=O)NC(=O)Nc1ccccc1)c1cccc(Cl)c1. The maximum atomic E-state index is 11.8. The topological polar surface area (TPSA) is 70.2 Å². The monoisotopic (exact) mass is 331 g/mol. The molecule has 0 saturated carbocycles. The molecule has 6 heteroatoms. The summed E-state index contributed by atoms with van der Waals surface area (Å²) in [6.45, 7) is 1.94. The van der Waals surface area contributed by atoms with Crippen LogP contribution in [0.1, 0.15) is 18.5 Å². The van der Waals surface area contributed by atoms with Crippen LogP contribution < -0.4 is 16.0 Å². The van der Waals surface area contributed by atoms with E-state index in [0.717, 1.165) is 5.56 Å². The van der Waals surface area contributed by atoms with Gasteiger partial charge in [-0.1, -0.05) is 41.9 Å². The fourth-order valence-electron chi connectivity index (χ4n) is 1.99. The number of rotatable bonds is 5. The van der Waals surface area contributed by atoms with Gasteiger partial charge in [-0.2, -0.15) is 0 Å². The smallest absolute Gasteiger partial charge is 0.308 e. The second kappa shape index (κ2) is 8.31. The number of carbonyl (C=O) groups is 2. The van der Waals surface area contributed by atoms with Crippen LogP contribution >= 0.6 is 11.6 Å². The number of anilines is 1. The molecule has 23 heavy (non-hydrogen) atoms. The van der Waals surface area contributed by atoms with Crippen LogP contribution in [0, 0.1) is 0 Å². The van der Waals surface area contributed by atoms with Gasteiger partial charge in [-0.05, 0) is 36.8 Å². The first-order valence-electron chi connectivity index (χ1n) is 7.19. The van der Waals surface area contributed by atoms with Gasteiger partial charge in [0.2, 0.25) is 5.91 Å². The van der Waals surface area contributed by atoms with E-state index in [1.54, 1.807) is 30.3 Å². The Hall–Kier alpha value is -2.37. The van der Waals surface area contributed by atoms with E-state index in [9.17, 15) is 9.59 Å². The third-order valence-electron chi connectivity index (χ3n) is 3.20. The van der Waals surface area contributed by atoms with E-state index < -0.39 is 11.9 Å². The van der Waals surface area contributed by atoms with E-state index in [-0.39, 0.29) is 12.6 Å². The lowest BCUT2D eigenvalue weighted by molar-refractivity contribution is -0.119. The Balaban J connectivity index is 1.77. The summed E-state index contributed by atoms with van der Waals surface area (Å²) in [5.41, 5.74) is 1.59. The highest BCUT2D eigenvalue weighted by Gasteiger charge is 2.10. The standard InChI is InChI=1S/C17H18ClN3O2/c1-12(13-6-5-7-14(18)10-13)19-11-16(22)21-17(23)20-15-8-3-2-4-9-15/h2-10,12,19H,11H2,1H3,(H2,20,21,22,23)/t12-/m0/s1. The zero-order valence-corrected chi connectivity index (χ0v) is 13.4. The van der Waals surface area contributed by atoms with E-state index in [0.29, 0.717) is 10.7 Å². The molecule has 0 heterocycles. The van der Waals surface area contributed by atoms with Gasteiger partial charge in [-0.15, -0.1) is 0 Å². The molecule has 3 N–H and O–H groups in total. The first kappa shape index (κ1) is 17.0. The summed E-state index contributed by atoms with van der Waals surface area (Å²) in [6.07, 6.45) is 0. The van der Waals surface area contributed by atoms with Gasteiger partial charge in [0.25, 0.3) is 0 Å². The Kier molecular flexibility index (Phi) is 6.14. The second-order valence-corrected chi connectivity index (χ2v) is 5.46. The molecule has 3 amide bonds. The predicted octanol–water partition coefficient (Wildman–Crippen LogP) is 3.34. The van der Waals surface area contributed by atoms with Gasteiger partial charge in [0.1, 0.15) is 0 Å². The van der Waals surface area contributed by atoms with Crippen LogP contribution in [-0.4, -0.2) is 18.5 Å². The number of halogens is 1. The minimum absolute atomic E-state index is 0.0237. The Labute approximate surface area is 140 Å². The van der Waals surface area contributed by atoms with Crippen molar-refractivity contribution in [2.45, 2.75) is 13.0 Å². The molecular weight excluding hydrogens is 314 g/mol. The zero-order valence-electron chi connectivity index (χ0n) is 12.7. The first-order chi connectivity index (χ1) is 11.0. The maximum Gasteiger partial charge on any atom is 0.325 e. The summed E-state index contributed by atoms with van der Waals surface area (Å²) in [7, 11) is 0. The molecule has 0 unspecified atom stereocenters.